The summed E-state index contributed by atoms with van der Waals surface area (Å²) in [4.78, 5) is 17.3. The zero-order chi connectivity index (χ0) is 15.3. The predicted molar refractivity (Wildman–Crippen MR) is 86.7 cm³/mol. The van der Waals surface area contributed by atoms with Gasteiger partial charge >= 0.3 is 0 Å². The van der Waals surface area contributed by atoms with Gasteiger partial charge in [-0.15, -0.1) is 0 Å². The molecule has 0 aliphatic rings. The largest absolute Gasteiger partial charge is 0.276 e. The van der Waals surface area contributed by atoms with Gasteiger partial charge in [-0.3, -0.25) is 9.89 Å². The number of fused-ring (bicyclic) bond motifs is 2. The molecule has 6 heteroatoms. The van der Waals surface area contributed by atoms with Crippen LogP contribution in [-0.2, 0) is 0 Å². The number of halogens is 1. The molecule has 2 aromatic heterocycles. The molecule has 4 rings (SSSR count). The Morgan fingerprint density at radius 3 is 2.82 bits per heavy atom. The smallest absolute Gasteiger partial charge is 0.267 e. The zero-order valence-corrected chi connectivity index (χ0v) is 12.4. The number of aromatic nitrogens is 4. The van der Waals surface area contributed by atoms with Gasteiger partial charge in [-0.25, -0.2) is 9.55 Å². The zero-order valence-electron chi connectivity index (χ0n) is 11.7. The Morgan fingerprint density at radius 2 is 1.95 bits per heavy atom. The van der Waals surface area contributed by atoms with E-state index in [1.54, 1.807) is 25.1 Å². The molecule has 0 aliphatic carbocycles. The Kier molecular flexibility index (Phi) is 2.77. The summed E-state index contributed by atoms with van der Waals surface area (Å²) in [5, 5.41) is 9.17. The Hall–Kier alpha value is -2.66. The van der Waals surface area contributed by atoms with Crippen molar-refractivity contribution in [1.82, 2.24) is 19.7 Å². The fourth-order valence-corrected chi connectivity index (χ4v) is 2.81. The number of benzene rings is 2. The molecule has 0 amide bonds. The summed E-state index contributed by atoms with van der Waals surface area (Å²) in [5.74, 6) is 1.12. The molecule has 1 N–H and O–H groups in total. The van der Waals surface area contributed by atoms with Crippen molar-refractivity contribution in [2.45, 2.75) is 6.92 Å². The van der Waals surface area contributed by atoms with E-state index < -0.39 is 0 Å². The first-order chi connectivity index (χ1) is 10.6. The maximum atomic E-state index is 12.8. The van der Waals surface area contributed by atoms with E-state index >= 15 is 0 Å². The third kappa shape index (κ3) is 1.83. The average molecular weight is 311 g/mol. The van der Waals surface area contributed by atoms with Gasteiger partial charge in [0.1, 0.15) is 5.82 Å². The molecule has 22 heavy (non-hydrogen) atoms. The van der Waals surface area contributed by atoms with E-state index in [1.165, 1.54) is 4.57 Å². The highest BCUT2D eigenvalue weighted by molar-refractivity contribution is 6.31. The van der Waals surface area contributed by atoms with E-state index in [9.17, 15) is 4.79 Å². The fourth-order valence-electron chi connectivity index (χ4n) is 2.64. The van der Waals surface area contributed by atoms with Gasteiger partial charge in [0.05, 0.1) is 16.4 Å². The van der Waals surface area contributed by atoms with Crippen molar-refractivity contribution in [3.05, 3.63) is 63.7 Å². The Labute approximate surface area is 130 Å². The number of hydrogen-bond donors (Lipinski definition) is 1. The summed E-state index contributed by atoms with van der Waals surface area (Å²) in [6.45, 7) is 1.78. The van der Waals surface area contributed by atoms with E-state index in [0.29, 0.717) is 27.6 Å². The minimum absolute atomic E-state index is 0.156. The molecule has 0 aliphatic heterocycles. The van der Waals surface area contributed by atoms with Gasteiger partial charge in [0.25, 0.3) is 5.56 Å². The number of rotatable bonds is 1. The molecule has 0 atom stereocenters. The second-order valence-electron chi connectivity index (χ2n) is 5.05. The molecular weight excluding hydrogens is 300 g/mol. The van der Waals surface area contributed by atoms with Crippen molar-refractivity contribution in [2.24, 2.45) is 0 Å². The summed E-state index contributed by atoms with van der Waals surface area (Å²) in [6, 6.07) is 12.7. The molecule has 5 nitrogen and oxygen atoms in total. The van der Waals surface area contributed by atoms with Crippen LogP contribution in [0.4, 0.5) is 0 Å². The molecule has 2 heterocycles. The third-order valence-corrected chi connectivity index (χ3v) is 3.90. The first kappa shape index (κ1) is 13.0. The fraction of sp³-hybridized carbons (Fsp3) is 0.0625. The van der Waals surface area contributed by atoms with Gasteiger partial charge in [0.15, 0.2) is 5.82 Å². The maximum absolute atomic E-state index is 12.8. The van der Waals surface area contributed by atoms with Crippen molar-refractivity contribution in [3.63, 3.8) is 0 Å². The number of H-pyrrole nitrogens is 1. The van der Waals surface area contributed by atoms with Crippen molar-refractivity contribution in [3.8, 4) is 5.82 Å². The summed E-state index contributed by atoms with van der Waals surface area (Å²) in [7, 11) is 0. The lowest BCUT2D eigenvalue weighted by molar-refractivity contribution is 0.858. The van der Waals surface area contributed by atoms with Crippen molar-refractivity contribution in [2.75, 3.05) is 0 Å². The summed E-state index contributed by atoms with van der Waals surface area (Å²) >= 11 is 5.97. The molecule has 0 saturated heterocycles. The molecule has 108 valence electrons. The summed E-state index contributed by atoms with van der Waals surface area (Å²) in [6.07, 6.45) is 0. The van der Waals surface area contributed by atoms with Crippen LogP contribution in [0.25, 0.3) is 27.6 Å². The van der Waals surface area contributed by atoms with Crippen molar-refractivity contribution >= 4 is 33.4 Å². The normalized spacial score (nSPS) is 11.4. The average Bonchev–Trinajstić information content (AvgIpc) is 2.91. The van der Waals surface area contributed by atoms with Crippen molar-refractivity contribution in [1.29, 1.82) is 0 Å². The number of nitrogens with one attached hydrogen (secondary N) is 1. The van der Waals surface area contributed by atoms with Crippen molar-refractivity contribution < 1.29 is 0 Å². The van der Waals surface area contributed by atoms with Crippen LogP contribution in [0.2, 0.25) is 5.02 Å². The quantitative estimate of drug-likeness (QED) is 0.587. The Bertz CT molecular complexity index is 1080. The van der Waals surface area contributed by atoms with E-state index in [4.69, 9.17) is 11.6 Å². The molecule has 4 aromatic rings. The van der Waals surface area contributed by atoms with E-state index in [0.717, 1.165) is 10.9 Å². The third-order valence-electron chi connectivity index (χ3n) is 3.66. The maximum Gasteiger partial charge on any atom is 0.267 e. The standard InChI is InChI=1S/C16H11ClN4O/c1-9-18-14-8-10(17)6-7-12(14)16(22)21(9)15-11-4-2-3-5-13(11)19-20-15/h2-8H,1H3,(H,19,20). The van der Waals surface area contributed by atoms with Crippen LogP contribution in [0.5, 0.6) is 0 Å². The summed E-state index contributed by atoms with van der Waals surface area (Å²) in [5.41, 5.74) is 1.31. The first-order valence-electron chi connectivity index (χ1n) is 6.77. The highest BCUT2D eigenvalue weighted by Crippen LogP contribution is 2.21. The minimum atomic E-state index is -0.156. The molecule has 2 aromatic carbocycles. The first-order valence-corrected chi connectivity index (χ1v) is 7.15. The summed E-state index contributed by atoms with van der Waals surface area (Å²) < 4.78 is 1.52. The number of aromatic amines is 1. The lowest BCUT2D eigenvalue weighted by Gasteiger charge is -2.08. The van der Waals surface area contributed by atoms with E-state index in [1.807, 2.05) is 24.3 Å². The predicted octanol–water partition coefficient (Wildman–Crippen LogP) is 3.22. The van der Waals surface area contributed by atoms with E-state index in [2.05, 4.69) is 15.2 Å². The van der Waals surface area contributed by atoms with Crippen LogP contribution in [-0.4, -0.2) is 19.7 Å². The minimum Gasteiger partial charge on any atom is -0.276 e. The van der Waals surface area contributed by atoms with Gasteiger partial charge in [-0.1, -0.05) is 23.7 Å². The van der Waals surface area contributed by atoms with Crippen LogP contribution in [0.1, 0.15) is 5.82 Å². The van der Waals surface area contributed by atoms with Crippen LogP contribution in [0.3, 0.4) is 0 Å². The number of aryl methyl sites for hydroxylation is 1. The molecule has 0 fully saturated rings. The van der Waals surface area contributed by atoms with Gasteiger partial charge in [0.2, 0.25) is 0 Å². The van der Waals surface area contributed by atoms with Gasteiger partial charge in [-0.05, 0) is 37.3 Å². The Balaban J connectivity index is 2.11. The second-order valence-corrected chi connectivity index (χ2v) is 5.49. The van der Waals surface area contributed by atoms with Gasteiger partial charge in [0, 0.05) is 10.4 Å². The highest BCUT2D eigenvalue weighted by Gasteiger charge is 2.14. The second kappa shape index (κ2) is 4.68. The lowest BCUT2D eigenvalue weighted by atomic mass is 10.2. The number of nitrogens with zero attached hydrogens (tertiary/aromatic N) is 3. The molecular formula is C16H11ClN4O. The van der Waals surface area contributed by atoms with Gasteiger partial charge < -0.3 is 0 Å². The topological polar surface area (TPSA) is 63.6 Å². The van der Waals surface area contributed by atoms with Crippen LogP contribution < -0.4 is 5.56 Å². The van der Waals surface area contributed by atoms with Crippen LogP contribution in [0, 0.1) is 6.92 Å². The molecule has 0 bridgehead atoms. The molecule has 0 saturated carbocycles. The lowest BCUT2D eigenvalue weighted by Crippen LogP contribution is -2.22. The monoisotopic (exact) mass is 310 g/mol. The van der Waals surface area contributed by atoms with Crippen LogP contribution >= 0.6 is 11.6 Å². The highest BCUT2D eigenvalue weighted by atomic mass is 35.5. The van der Waals surface area contributed by atoms with E-state index in [-0.39, 0.29) is 5.56 Å². The molecule has 0 unspecified atom stereocenters. The Morgan fingerprint density at radius 1 is 1.14 bits per heavy atom. The SMILES string of the molecule is Cc1nc2cc(Cl)ccc2c(=O)n1-c1n[nH]c2ccccc12. The number of hydrogen-bond acceptors (Lipinski definition) is 3. The molecule has 0 spiro atoms. The molecule has 0 radical (unpaired) electrons. The van der Waals surface area contributed by atoms with Gasteiger partial charge in [-0.2, -0.15) is 5.10 Å². The number of para-hydroxylation sites is 1. The van der Waals surface area contributed by atoms with Crippen LogP contribution in [0.15, 0.2) is 47.3 Å².